The second-order valence-electron chi connectivity index (χ2n) is 4.35. The van der Waals surface area contributed by atoms with Crippen LogP contribution in [0.4, 0.5) is 5.69 Å². The van der Waals surface area contributed by atoms with Crippen LogP contribution < -0.4 is 5.32 Å². The van der Waals surface area contributed by atoms with Crippen molar-refractivity contribution in [3.05, 3.63) is 24.0 Å². The van der Waals surface area contributed by atoms with Crippen molar-refractivity contribution >= 4 is 5.69 Å². The van der Waals surface area contributed by atoms with E-state index in [-0.39, 0.29) is 0 Å². The van der Waals surface area contributed by atoms with E-state index >= 15 is 0 Å². The highest BCUT2D eigenvalue weighted by atomic mass is 14.9. The standard InChI is InChI=1S/C12H18N2/c1-9-4-3-5-12(9)14-11-7-6-10(2)13-8-11/h6-9,12,14H,3-5H2,1-2H3/t9-,12-/m0/s1. The Morgan fingerprint density at radius 2 is 2.21 bits per heavy atom. The van der Waals surface area contributed by atoms with Crippen LogP contribution in [0.5, 0.6) is 0 Å². The van der Waals surface area contributed by atoms with Gasteiger partial charge in [0.15, 0.2) is 0 Å². The van der Waals surface area contributed by atoms with Gasteiger partial charge in [-0.2, -0.15) is 0 Å². The second-order valence-corrected chi connectivity index (χ2v) is 4.35. The molecule has 2 nitrogen and oxygen atoms in total. The van der Waals surface area contributed by atoms with Crippen LogP contribution in [0, 0.1) is 12.8 Å². The molecule has 2 heteroatoms. The molecule has 2 atom stereocenters. The van der Waals surface area contributed by atoms with Crippen LogP contribution in [0.25, 0.3) is 0 Å². The minimum Gasteiger partial charge on any atom is -0.381 e. The number of anilines is 1. The summed E-state index contributed by atoms with van der Waals surface area (Å²) in [5.74, 6) is 0.802. The quantitative estimate of drug-likeness (QED) is 0.775. The Kier molecular flexibility index (Phi) is 2.71. The topological polar surface area (TPSA) is 24.9 Å². The molecule has 0 aromatic carbocycles. The minimum absolute atomic E-state index is 0.652. The summed E-state index contributed by atoms with van der Waals surface area (Å²) in [7, 11) is 0. The lowest BCUT2D eigenvalue weighted by atomic mass is 10.1. The van der Waals surface area contributed by atoms with Crippen LogP contribution >= 0.6 is 0 Å². The first-order valence-corrected chi connectivity index (χ1v) is 5.45. The first-order valence-electron chi connectivity index (χ1n) is 5.45. The molecule has 0 radical (unpaired) electrons. The van der Waals surface area contributed by atoms with Crippen LogP contribution in [0.3, 0.4) is 0 Å². The van der Waals surface area contributed by atoms with Gasteiger partial charge in [-0.15, -0.1) is 0 Å². The highest BCUT2D eigenvalue weighted by molar-refractivity contribution is 5.42. The van der Waals surface area contributed by atoms with Gasteiger partial charge < -0.3 is 5.32 Å². The Morgan fingerprint density at radius 3 is 2.79 bits per heavy atom. The van der Waals surface area contributed by atoms with E-state index in [4.69, 9.17) is 0 Å². The lowest BCUT2D eigenvalue weighted by Gasteiger charge is -2.18. The van der Waals surface area contributed by atoms with Crippen molar-refractivity contribution in [3.63, 3.8) is 0 Å². The first kappa shape index (κ1) is 9.50. The highest BCUT2D eigenvalue weighted by Gasteiger charge is 2.22. The van der Waals surface area contributed by atoms with E-state index in [2.05, 4.69) is 29.4 Å². The molecule has 1 fully saturated rings. The van der Waals surface area contributed by atoms with Crippen molar-refractivity contribution in [2.75, 3.05) is 5.32 Å². The number of hydrogen-bond acceptors (Lipinski definition) is 2. The molecule has 0 amide bonds. The van der Waals surface area contributed by atoms with E-state index in [0.29, 0.717) is 6.04 Å². The predicted molar refractivity (Wildman–Crippen MR) is 59.4 cm³/mol. The fourth-order valence-corrected chi connectivity index (χ4v) is 2.13. The van der Waals surface area contributed by atoms with Gasteiger partial charge in [-0.05, 0) is 37.8 Å². The number of hydrogen-bond donors (Lipinski definition) is 1. The average Bonchev–Trinajstić information content (AvgIpc) is 2.56. The van der Waals surface area contributed by atoms with Gasteiger partial charge in [0.05, 0.1) is 11.9 Å². The average molecular weight is 190 g/mol. The Balaban J connectivity index is 2.00. The molecule has 0 unspecified atom stereocenters. The Hall–Kier alpha value is -1.05. The van der Waals surface area contributed by atoms with E-state index in [9.17, 15) is 0 Å². The van der Waals surface area contributed by atoms with Gasteiger partial charge in [0.1, 0.15) is 0 Å². The van der Waals surface area contributed by atoms with E-state index < -0.39 is 0 Å². The maximum absolute atomic E-state index is 4.28. The van der Waals surface area contributed by atoms with Crippen molar-refractivity contribution < 1.29 is 0 Å². The summed E-state index contributed by atoms with van der Waals surface area (Å²) in [5, 5.41) is 3.56. The second kappa shape index (κ2) is 3.99. The van der Waals surface area contributed by atoms with E-state index in [0.717, 1.165) is 17.3 Å². The Bertz CT molecular complexity index is 292. The summed E-state index contributed by atoms with van der Waals surface area (Å²) in [6.07, 6.45) is 5.95. The van der Waals surface area contributed by atoms with E-state index in [1.807, 2.05) is 13.1 Å². The smallest absolute Gasteiger partial charge is 0.0529 e. The SMILES string of the molecule is Cc1ccc(N[C@H]2CCC[C@@H]2C)cn1. The monoisotopic (exact) mass is 190 g/mol. The number of aryl methyl sites for hydroxylation is 1. The third-order valence-electron chi connectivity index (χ3n) is 3.12. The normalized spacial score (nSPS) is 26.4. The summed E-state index contributed by atoms with van der Waals surface area (Å²) in [5.41, 5.74) is 2.24. The van der Waals surface area contributed by atoms with Crippen molar-refractivity contribution in [2.24, 2.45) is 5.92 Å². The molecule has 14 heavy (non-hydrogen) atoms. The largest absolute Gasteiger partial charge is 0.381 e. The maximum atomic E-state index is 4.28. The molecule has 2 rings (SSSR count). The maximum Gasteiger partial charge on any atom is 0.0529 e. The summed E-state index contributed by atoms with van der Waals surface area (Å²) < 4.78 is 0. The summed E-state index contributed by atoms with van der Waals surface area (Å²) in [4.78, 5) is 4.28. The van der Waals surface area contributed by atoms with Gasteiger partial charge in [-0.1, -0.05) is 13.3 Å². The zero-order valence-electron chi connectivity index (χ0n) is 8.96. The predicted octanol–water partition coefficient (Wildman–Crippen LogP) is 2.99. The zero-order valence-corrected chi connectivity index (χ0v) is 8.96. The third-order valence-corrected chi connectivity index (χ3v) is 3.12. The molecule has 0 saturated heterocycles. The number of pyridine rings is 1. The van der Waals surface area contributed by atoms with Gasteiger partial charge in [-0.25, -0.2) is 0 Å². The summed E-state index contributed by atoms with van der Waals surface area (Å²) in [6.45, 7) is 4.34. The summed E-state index contributed by atoms with van der Waals surface area (Å²) in [6, 6.07) is 4.83. The third kappa shape index (κ3) is 2.06. The van der Waals surface area contributed by atoms with Crippen LogP contribution in [-0.4, -0.2) is 11.0 Å². The molecule has 1 N–H and O–H groups in total. The molecule has 0 bridgehead atoms. The van der Waals surface area contributed by atoms with Crippen molar-refractivity contribution in [1.82, 2.24) is 4.98 Å². The van der Waals surface area contributed by atoms with Gasteiger partial charge in [0.2, 0.25) is 0 Å². The van der Waals surface area contributed by atoms with Crippen molar-refractivity contribution in [1.29, 1.82) is 0 Å². The number of rotatable bonds is 2. The number of nitrogens with one attached hydrogen (secondary N) is 1. The van der Waals surface area contributed by atoms with Crippen LogP contribution in [0.2, 0.25) is 0 Å². The summed E-state index contributed by atoms with van der Waals surface area (Å²) >= 11 is 0. The number of nitrogens with zero attached hydrogens (tertiary/aromatic N) is 1. The van der Waals surface area contributed by atoms with Gasteiger partial charge in [0, 0.05) is 11.7 Å². The van der Waals surface area contributed by atoms with E-state index in [1.54, 1.807) is 0 Å². The van der Waals surface area contributed by atoms with Crippen molar-refractivity contribution in [2.45, 2.75) is 39.2 Å². The highest BCUT2D eigenvalue weighted by Crippen LogP contribution is 2.27. The molecule has 1 aliphatic rings. The first-order chi connectivity index (χ1) is 6.75. The fourth-order valence-electron chi connectivity index (χ4n) is 2.13. The molecule has 76 valence electrons. The van der Waals surface area contributed by atoms with Gasteiger partial charge >= 0.3 is 0 Å². The van der Waals surface area contributed by atoms with Crippen LogP contribution in [0.1, 0.15) is 31.9 Å². The molecule has 1 heterocycles. The molecule has 1 saturated carbocycles. The van der Waals surface area contributed by atoms with Gasteiger partial charge in [0.25, 0.3) is 0 Å². The van der Waals surface area contributed by atoms with Crippen LogP contribution in [-0.2, 0) is 0 Å². The Labute approximate surface area is 85.7 Å². The molecule has 1 aromatic heterocycles. The molecule has 0 aliphatic heterocycles. The fraction of sp³-hybridized carbons (Fsp3) is 0.583. The molecule has 1 aliphatic carbocycles. The number of aromatic nitrogens is 1. The Morgan fingerprint density at radius 1 is 1.36 bits per heavy atom. The van der Waals surface area contributed by atoms with Crippen LogP contribution in [0.15, 0.2) is 18.3 Å². The zero-order chi connectivity index (χ0) is 9.97. The molecule has 1 aromatic rings. The lowest BCUT2D eigenvalue weighted by Crippen LogP contribution is -2.21. The van der Waals surface area contributed by atoms with Gasteiger partial charge in [-0.3, -0.25) is 4.98 Å². The molecular weight excluding hydrogens is 172 g/mol. The molecular formula is C12H18N2. The minimum atomic E-state index is 0.652. The van der Waals surface area contributed by atoms with Crippen molar-refractivity contribution in [3.8, 4) is 0 Å². The lowest BCUT2D eigenvalue weighted by molar-refractivity contribution is 0.556. The van der Waals surface area contributed by atoms with E-state index in [1.165, 1.54) is 19.3 Å². The molecule has 0 spiro atoms.